The molecule has 90 valence electrons. The first-order chi connectivity index (χ1) is 7.33. The molecule has 0 aromatic rings. The molecular weight excluding hydrogens is 184 g/mol. The van der Waals surface area contributed by atoms with Gasteiger partial charge in [-0.3, -0.25) is 0 Å². The fourth-order valence-electron chi connectivity index (χ4n) is 2.42. The van der Waals surface area contributed by atoms with Crippen LogP contribution in [0.15, 0.2) is 0 Å². The zero-order valence-electron chi connectivity index (χ0n) is 10.5. The van der Waals surface area contributed by atoms with Gasteiger partial charge in [0.1, 0.15) is 0 Å². The lowest BCUT2D eigenvalue weighted by Gasteiger charge is -2.16. The smallest absolute Gasteiger partial charge is 0.00671 e. The van der Waals surface area contributed by atoms with Crippen molar-refractivity contribution in [1.82, 2.24) is 10.6 Å². The second-order valence-electron chi connectivity index (χ2n) is 5.08. The molecule has 0 spiro atoms. The first kappa shape index (κ1) is 13.0. The summed E-state index contributed by atoms with van der Waals surface area (Å²) >= 11 is 0. The Morgan fingerprint density at radius 2 is 1.80 bits per heavy atom. The van der Waals surface area contributed by atoms with Crippen LogP contribution in [0.3, 0.4) is 0 Å². The molecule has 2 nitrogen and oxygen atoms in total. The predicted octanol–water partition coefficient (Wildman–Crippen LogP) is 2.54. The van der Waals surface area contributed by atoms with Crippen molar-refractivity contribution in [2.24, 2.45) is 5.92 Å². The molecule has 0 aliphatic heterocycles. The van der Waals surface area contributed by atoms with E-state index in [1.807, 2.05) is 7.05 Å². The van der Waals surface area contributed by atoms with Crippen LogP contribution in [-0.4, -0.2) is 26.2 Å². The normalized spacial score (nSPS) is 27.6. The summed E-state index contributed by atoms with van der Waals surface area (Å²) in [5.74, 6) is 0.959. The van der Waals surface area contributed by atoms with Crippen LogP contribution in [0.5, 0.6) is 0 Å². The highest BCUT2D eigenvalue weighted by Crippen LogP contribution is 2.22. The van der Waals surface area contributed by atoms with Gasteiger partial charge in [0.15, 0.2) is 0 Å². The Kier molecular flexibility index (Phi) is 7.03. The molecule has 2 unspecified atom stereocenters. The summed E-state index contributed by atoms with van der Waals surface area (Å²) in [6.45, 7) is 4.76. The Morgan fingerprint density at radius 1 is 1.00 bits per heavy atom. The van der Waals surface area contributed by atoms with E-state index in [-0.39, 0.29) is 0 Å². The topological polar surface area (TPSA) is 24.1 Å². The van der Waals surface area contributed by atoms with E-state index in [1.165, 1.54) is 51.5 Å². The molecule has 1 fully saturated rings. The second kappa shape index (κ2) is 8.12. The summed E-state index contributed by atoms with van der Waals surface area (Å²) in [4.78, 5) is 0. The van der Waals surface area contributed by atoms with Crippen molar-refractivity contribution in [2.75, 3.05) is 20.1 Å². The van der Waals surface area contributed by atoms with Gasteiger partial charge in [-0.25, -0.2) is 0 Å². The number of unbranched alkanes of at least 4 members (excludes halogenated alkanes) is 1. The summed E-state index contributed by atoms with van der Waals surface area (Å²) in [5.41, 5.74) is 0. The zero-order valence-corrected chi connectivity index (χ0v) is 10.5. The third-order valence-corrected chi connectivity index (χ3v) is 3.54. The molecule has 1 aliphatic rings. The van der Waals surface area contributed by atoms with Crippen molar-refractivity contribution in [3.8, 4) is 0 Å². The van der Waals surface area contributed by atoms with Crippen molar-refractivity contribution in [1.29, 1.82) is 0 Å². The minimum absolute atomic E-state index is 0.810. The Hall–Kier alpha value is -0.0800. The SMILES string of the molecule is CNCCCCNC1CCCC(C)CC1. The molecule has 1 saturated carbocycles. The minimum atomic E-state index is 0.810. The largest absolute Gasteiger partial charge is 0.320 e. The Balaban J connectivity index is 2.00. The molecule has 0 aromatic heterocycles. The lowest BCUT2D eigenvalue weighted by Crippen LogP contribution is -2.29. The number of hydrogen-bond donors (Lipinski definition) is 2. The van der Waals surface area contributed by atoms with Crippen LogP contribution in [0, 0.1) is 5.92 Å². The predicted molar refractivity (Wildman–Crippen MR) is 67.2 cm³/mol. The first-order valence-corrected chi connectivity index (χ1v) is 6.71. The summed E-state index contributed by atoms with van der Waals surface area (Å²) in [6, 6.07) is 0.810. The van der Waals surface area contributed by atoms with Gasteiger partial charge >= 0.3 is 0 Å². The molecule has 1 aliphatic carbocycles. The van der Waals surface area contributed by atoms with Gasteiger partial charge in [0.2, 0.25) is 0 Å². The average molecular weight is 212 g/mol. The van der Waals surface area contributed by atoms with Crippen LogP contribution in [0.1, 0.15) is 51.9 Å². The Morgan fingerprint density at radius 3 is 2.60 bits per heavy atom. The number of hydrogen-bond acceptors (Lipinski definition) is 2. The fourth-order valence-corrected chi connectivity index (χ4v) is 2.42. The van der Waals surface area contributed by atoms with E-state index in [0.717, 1.165) is 18.5 Å². The van der Waals surface area contributed by atoms with E-state index in [4.69, 9.17) is 0 Å². The maximum absolute atomic E-state index is 3.71. The molecule has 2 heteroatoms. The van der Waals surface area contributed by atoms with E-state index in [1.54, 1.807) is 0 Å². The second-order valence-corrected chi connectivity index (χ2v) is 5.08. The average Bonchev–Trinajstić information content (AvgIpc) is 2.43. The highest BCUT2D eigenvalue weighted by molar-refractivity contribution is 4.73. The molecule has 0 aromatic carbocycles. The van der Waals surface area contributed by atoms with Crippen molar-refractivity contribution < 1.29 is 0 Å². The Bertz CT molecular complexity index is 147. The molecule has 15 heavy (non-hydrogen) atoms. The van der Waals surface area contributed by atoms with Gasteiger partial charge in [0, 0.05) is 6.04 Å². The summed E-state index contributed by atoms with van der Waals surface area (Å²) < 4.78 is 0. The van der Waals surface area contributed by atoms with Gasteiger partial charge in [-0.05, 0) is 58.2 Å². The molecule has 0 heterocycles. The lowest BCUT2D eigenvalue weighted by atomic mass is 10.0. The van der Waals surface area contributed by atoms with Gasteiger partial charge < -0.3 is 10.6 Å². The quantitative estimate of drug-likeness (QED) is 0.522. The van der Waals surface area contributed by atoms with Crippen LogP contribution < -0.4 is 10.6 Å². The highest BCUT2D eigenvalue weighted by Gasteiger charge is 2.14. The molecule has 1 rings (SSSR count). The summed E-state index contributed by atoms with van der Waals surface area (Å²) in [6.07, 6.45) is 9.70. The van der Waals surface area contributed by atoms with Gasteiger partial charge in [-0.1, -0.05) is 19.8 Å². The molecule has 2 N–H and O–H groups in total. The van der Waals surface area contributed by atoms with E-state index < -0.39 is 0 Å². The van der Waals surface area contributed by atoms with Crippen LogP contribution >= 0.6 is 0 Å². The van der Waals surface area contributed by atoms with Crippen LogP contribution in [0.2, 0.25) is 0 Å². The van der Waals surface area contributed by atoms with Gasteiger partial charge in [-0.15, -0.1) is 0 Å². The summed E-state index contributed by atoms with van der Waals surface area (Å²) in [7, 11) is 2.03. The van der Waals surface area contributed by atoms with Crippen LogP contribution in [0.4, 0.5) is 0 Å². The molecule has 2 atom stereocenters. The van der Waals surface area contributed by atoms with E-state index >= 15 is 0 Å². The van der Waals surface area contributed by atoms with Crippen molar-refractivity contribution in [3.63, 3.8) is 0 Å². The van der Waals surface area contributed by atoms with Gasteiger partial charge in [0.25, 0.3) is 0 Å². The Labute approximate surface area is 95.2 Å². The monoisotopic (exact) mass is 212 g/mol. The molecular formula is C13H28N2. The lowest BCUT2D eigenvalue weighted by molar-refractivity contribution is 0.441. The minimum Gasteiger partial charge on any atom is -0.320 e. The standard InChI is InChI=1S/C13H28N2/c1-12-6-5-7-13(9-8-12)15-11-4-3-10-14-2/h12-15H,3-11H2,1-2H3. The first-order valence-electron chi connectivity index (χ1n) is 6.71. The maximum atomic E-state index is 3.71. The van der Waals surface area contributed by atoms with Crippen molar-refractivity contribution >= 4 is 0 Å². The third kappa shape index (κ3) is 6.16. The zero-order chi connectivity index (χ0) is 10.9. The fraction of sp³-hybridized carbons (Fsp3) is 1.00. The van der Waals surface area contributed by atoms with Crippen molar-refractivity contribution in [3.05, 3.63) is 0 Å². The number of rotatable bonds is 6. The molecule has 0 radical (unpaired) electrons. The summed E-state index contributed by atoms with van der Waals surface area (Å²) in [5, 5.41) is 6.91. The van der Waals surface area contributed by atoms with Gasteiger partial charge in [-0.2, -0.15) is 0 Å². The molecule has 0 bridgehead atoms. The molecule has 0 saturated heterocycles. The van der Waals surface area contributed by atoms with Crippen LogP contribution in [-0.2, 0) is 0 Å². The van der Waals surface area contributed by atoms with E-state index in [9.17, 15) is 0 Å². The number of nitrogens with one attached hydrogen (secondary N) is 2. The van der Waals surface area contributed by atoms with E-state index in [0.29, 0.717) is 0 Å². The van der Waals surface area contributed by atoms with Crippen LogP contribution in [0.25, 0.3) is 0 Å². The van der Waals surface area contributed by atoms with Crippen molar-refractivity contribution in [2.45, 2.75) is 57.9 Å². The maximum Gasteiger partial charge on any atom is 0.00671 e. The van der Waals surface area contributed by atoms with E-state index in [2.05, 4.69) is 17.6 Å². The highest BCUT2D eigenvalue weighted by atomic mass is 14.9. The van der Waals surface area contributed by atoms with Gasteiger partial charge in [0.05, 0.1) is 0 Å². The third-order valence-electron chi connectivity index (χ3n) is 3.54. The molecule has 0 amide bonds.